The zero-order valence-corrected chi connectivity index (χ0v) is 9.55. The fourth-order valence-electron chi connectivity index (χ4n) is 0.631. The number of benzene rings is 1. The molecule has 3 N–H and O–H groups in total. The van der Waals surface area contributed by atoms with Crippen molar-refractivity contribution in [2.75, 3.05) is 13.2 Å². The number of rotatable bonds is 3. The Kier molecular flexibility index (Phi) is 6.37. The lowest BCUT2D eigenvalue weighted by Crippen LogP contribution is -2.20. The van der Waals surface area contributed by atoms with E-state index in [0.717, 1.165) is 0 Å². The van der Waals surface area contributed by atoms with E-state index in [-0.39, 0.29) is 18.6 Å². The van der Waals surface area contributed by atoms with Crippen LogP contribution < -0.4 is 0 Å². The number of hydrogen-bond donors (Lipinski definition) is 3. The predicted molar refractivity (Wildman–Crippen MR) is 61.4 cm³/mol. The molecule has 0 amide bonds. The van der Waals surface area contributed by atoms with E-state index in [1.165, 1.54) is 0 Å². The van der Waals surface area contributed by atoms with Crippen LogP contribution in [0.25, 0.3) is 0 Å². The van der Waals surface area contributed by atoms with Gasteiger partial charge in [-0.15, -0.1) is 0 Å². The molecule has 4 heteroatoms. The second-order valence-corrected chi connectivity index (χ2v) is 4.15. The van der Waals surface area contributed by atoms with Gasteiger partial charge in [0.2, 0.25) is 0 Å². The molecule has 0 fully saturated rings. The lowest BCUT2D eigenvalue weighted by Gasteiger charge is -2.16. The van der Waals surface area contributed by atoms with Crippen molar-refractivity contribution in [3.63, 3.8) is 0 Å². The molecule has 0 saturated carbocycles. The number of aromatic carboxylic acids is 1. The first kappa shape index (κ1) is 14.6. The Bertz CT molecular complexity index is 300. The molecule has 0 aliphatic carbocycles. The molecular formula is C12H18O4. The molecule has 0 atom stereocenters. The van der Waals surface area contributed by atoms with Gasteiger partial charge in [0.1, 0.15) is 0 Å². The predicted octanol–water partition coefficient (Wildman–Crippen LogP) is 1.38. The number of aliphatic hydroxyl groups is 2. The van der Waals surface area contributed by atoms with Gasteiger partial charge >= 0.3 is 5.97 Å². The summed E-state index contributed by atoms with van der Waals surface area (Å²) in [6.45, 7) is 3.69. The first-order valence-corrected chi connectivity index (χ1v) is 4.93. The molecule has 0 aliphatic rings. The molecule has 0 heterocycles. The third-order valence-corrected chi connectivity index (χ3v) is 1.88. The van der Waals surface area contributed by atoms with Crippen LogP contribution >= 0.6 is 0 Å². The molecule has 1 aromatic rings. The molecular weight excluding hydrogens is 208 g/mol. The molecule has 0 radical (unpaired) electrons. The van der Waals surface area contributed by atoms with Crippen molar-refractivity contribution in [3.8, 4) is 0 Å². The Morgan fingerprint density at radius 1 is 1.12 bits per heavy atom. The molecule has 0 unspecified atom stereocenters. The van der Waals surface area contributed by atoms with Crippen LogP contribution in [0, 0.1) is 5.41 Å². The number of aliphatic hydroxyl groups excluding tert-OH is 2. The number of hydrogen-bond acceptors (Lipinski definition) is 3. The zero-order valence-electron chi connectivity index (χ0n) is 9.55. The van der Waals surface area contributed by atoms with Crippen LogP contribution in [-0.2, 0) is 0 Å². The van der Waals surface area contributed by atoms with Crippen molar-refractivity contribution < 1.29 is 20.1 Å². The maximum atomic E-state index is 10.2. The molecule has 0 aliphatic heterocycles. The van der Waals surface area contributed by atoms with Crippen molar-refractivity contribution in [1.82, 2.24) is 0 Å². The van der Waals surface area contributed by atoms with Gasteiger partial charge in [0.05, 0.1) is 18.8 Å². The van der Waals surface area contributed by atoms with Crippen LogP contribution in [0.4, 0.5) is 0 Å². The normalized spacial score (nSPS) is 10.2. The third kappa shape index (κ3) is 6.16. The largest absolute Gasteiger partial charge is 0.478 e. The Labute approximate surface area is 95.2 Å². The summed E-state index contributed by atoms with van der Waals surface area (Å²) >= 11 is 0. The minimum absolute atomic E-state index is 0.0451. The van der Waals surface area contributed by atoms with E-state index < -0.39 is 5.97 Å². The number of carboxylic acid groups (broad SMARTS) is 1. The van der Waals surface area contributed by atoms with Gasteiger partial charge < -0.3 is 15.3 Å². The van der Waals surface area contributed by atoms with Crippen LogP contribution in [0.5, 0.6) is 0 Å². The van der Waals surface area contributed by atoms with E-state index in [4.69, 9.17) is 15.3 Å². The Morgan fingerprint density at radius 2 is 1.56 bits per heavy atom. The quantitative estimate of drug-likeness (QED) is 0.727. The van der Waals surface area contributed by atoms with Crippen LogP contribution in [-0.4, -0.2) is 34.5 Å². The van der Waals surface area contributed by atoms with Crippen LogP contribution in [0.3, 0.4) is 0 Å². The molecule has 16 heavy (non-hydrogen) atoms. The standard InChI is InChI=1S/C7H6O2.C5H12O2/c8-7(9)6-4-2-1-3-5-6;1-5(2,3-6)4-7/h1-5H,(H,8,9);6-7H,3-4H2,1-2H3. The van der Waals surface area contributed by atoms with Gasteiger partial charge in [0.25, 0.3) is 0 Å². The van der Waals surface area contributed by atoms with Crippen molar-refractivity contribution in [2.24, 2.45) is 5.41 Å². The molecule has 4 nitrogen and oxygen atoms in total. The third-order valence-electron chi connectivity index (χ3n) is 1.88. The maximum absolute atomic E-state index is 10.2. The summed E-state index contributed by atoms with van der Waals surface area (Å²) in [6.07, 6.45) is 0. The number of carbonyl (C=O) groups is 1. The van der Waals surface area contributed by atoms with Crippen molar-refractivity contribution in [3.05, 3.63) is 35.9 Å². The first-order valence-electron chi connectivity index (χ1n) is 4.93. The zero-order chi connectivity index (χ0) is 12.6. The summed E-state index contributed by atoms with van der Waals surface area (Å²) in [5, 5.41) is 25.3. The van der Waals surface area contributed by atoms with Gasteiger partial charge in [-0.05, 0) is 12.1 Å². The highest BCUT2D eigenvalue weighted by molar-refractivity contribution is 5.87. The van der Waals surface area contributed by atoms with Crippen LogP contribution in [0.15, 0.2) is 30.3 Å². The average molecular weight is 226 g/mol. The molecule has 90 valence electrons. The van der Waals surface area contributed by atoms with Crippen LogP contribution in [0.1, 0.15) is 24.2 Å². The van der Waals surface area contributed by atoms with Gasteiger partial charge in [0.15, 0.2) is 0 Å². The summed E-state index contributed by atoms with van der Waals surface area (Å²) in [7, 11) is 0. The lowest BCUT2D eigenvalue weighted by molar-refractivity contribution is 0.0697. The van der Waals surface area contributed by atoms with E-state index >= 15 is 0 Å². The molecule has 0 saturated heterocycles. The average Bonchev–Trinajstić information content (AvgIpc) is 2.31. The van der Waals surface area contributed by atoms with E-state index in [1.807, 2.05) is 0 Å². The topological polar surface area (TPSA) is 77.8 Å². The van der Waals surface area contributed by atoms with E-state index in [9.17, 15) is 4.79 Å². The summed E-state index contributed by atoms with van der Waals surface area (Å²) in [6, 6.07) is 8.30. The smallest absolute Gasteiger partial charge is 0.335 e. The van der Waals surface area contributed by atoms with Gasteiger partial charge in [-0.3, -0.25) is 0 Å². The minimum atomic E-state index is -0.879. The SMILES string of the molecule is CC(C)(CO)CO.O=C(O)c1ccccc1. The minimum Gasteiger partial charge on any atom is -0.478 e. The summed E-state index contributed by atoms with van der Waals surface area (Å²) < 4.78 is 0. The number of carboxylic acids is 1. The fraction of sp³-hybridized carbons (Fsp3) is 0.417. The Morgan fingerprint density at radius 3 is 1.75 bits per heavy atom. The maximum Gasteiger partial charge on any atom is 0.335 e. The monoisotopic (exact) mass is 226 g/mol. The lowest BCUT2D eigenvalue weighted by atomic mass is 9.97. The van der Waals surface area contributed by atoms with E-state index in [0.29, 0.717) is 5.56 Å². The highest BCUT2D eigenvalue weighted by Crippen LogP contribution is 2.10. The van der Waals surface area contributed by atoms with E-state index in [2.05, 4.69) is 0 Å². The molecule has 0 spiro atoms. The van der Waals surface area contributed by atoms with Crippen molar-refractivity contribution >= 4 is 5.97 Å². The summed E-state index contributed by atoms with van der Waals surface area (Å²) in [5.74, 6) is -0.879. The van der Waals surface area contributed by atoms with Crippen molar-refractivity contribution in [2.45, 2.75) is 13.8 Å². The van der Waals surface area contributed by atoms with Gasteiger partial charge in [-0.1, -0.05) is 32.0 Å². The fourth-order valence-corrected chi connectivity index (χ4v) is 0.631. The van der Waals surface area contributed by atoms with Gasteiger partial charge in [0, 0.05) is 5.41 Å². The summed E-state index contributed by atoms with van der Waals surface area (Å²) in [5.41, 5.74) is 0.0255. The Balaban J connectivity index is 0.000000293. The highest BCUT2D eigenvalue weighted by atomic mass is 16.4. The molecule has 0 bridgehead atoms. The highest BCUT2D eigenvalue weighted by Gasteiger charge is 2.13. The first-order chi connectivity index (χ1) is 7.43. The summed E-state index contributed by atoms with van der Waals surface area (Å²) in [4.78, 5) is 10.2. The van der Waals surface area contributed by atoms with E-state index in [1.54, 1.807) is 44.2 Å². The van der Waals surface area contributed by atoms with Gasteiger partial charge in [-0.25, -0.2) is 4.79 Å². The second kappa shape index (κ2) is 6.98. The molecule has 1 aromatic carbocycles. The molecule has 0 aromatic heterocycles. The van der Waals surface area contributed by atoms with Crippen LogP contribution in [0.2, 0.25) is 0 Å². The van der Waals surface area contributed by atoms with Gasteiger partial charge in [-0.2, -0.15) is 0 Å². The Hall–Kier alpha value is -1.39. The second-order valence-electron chi connectivity index (χ2n) is 4.15. The molecule has 1 rings (SSSR count). The van der Waals surface area contributed by atoms with Crippen molar-refractivity contribution in [1.29, 1.82) is 0 Å².